The van der Waals surface area contributed by atoms with Gasteiger partial charge in [-0.25, -0.2) is 4.98 Å². The Balaban J connectivity index is 1.92. The van der Waals surface area contributed by atoms with Crippen LogP contribution in [0, 0.1) is 0 Å². The van der Waals surface area contributed by atoms with E-state index in [-0.39, 0.29) is 23.3 Å². The van der Waals surface area contributed by atoms with Crippen LogP contribution in [0.2, 0.25) is 0 Å². The van der Waals surface area contributed by atoms with E-state index in [1.165, 1.54) is 25.3 Å². The zero-order chi connectivity index (χ0) is 17.0. The van der Waals surface area contributed by atoms with Crippen LogP contribution in [0.3, 0.4) is 0 Å². The van der Waals surface area contributed by atoms with E-state index in [0.717, 1.165) is 0 Å². The Morgan fingerprint density at radius 1 is 1.17 bits per heavy atom. The molecule has 6 nitrogen and oxygen atoms in total. The molecule has 0 saturated carbocycles. The van der Waals surface area contributed by atoms with Gasteiger partial charge in [0.25, 0.3) is 5.91 Å². The molecule has 23 heavy (non-hydrogen) atoms. The number of carbonyl (C=O) groups is 2. The first kappa shape index (κ1) is 17.0. The molecule has 0 bridgehead atoms. The summed E-state index contributed by atoms with van der Waals surface area (Å²) in [7, 11) is 0. The molecule has 9 heteroatoms. The zero-order valence-corrected chi connectivity index (χ0v) is 12.5. The van der Waals surface area contributed by atoms with Gasteiger partial charge in [-0.05, 0) is 6.07 Å². The third-order valence-corrected chi connectivity index (χ3v) is 3.38. The average Bonchev–Trinajstić information content (AvgIpc) is 2.52. The fourth-order valence-corrected chi connectivity index (χ4v) is 2.15. The Morgan fingerprint density at radius 2 is 1.78 bits per heavy atom. The molecule has 0 radical (unpaired) electrons. The molecule has 2 rings (SSSR count). The molecule has 1 saturated heterocycles. The maximum atomic E-state index is 12.3. The van der Waals surface area contributed by atoms with Crippen LogP contribution in [0.5, 0.6) is 5.88 Å². The molecular weight excluding hydrogens is 315 g/mol. The number of carbonyl (C=O) groups excluding carboxylic acids is 2. The number of pyridine rings is 1. The van der Waals surface area contributed by atoms with Crippen molar-refractivity contribution >= 4 is 11.8 Å². The van der Waals surface area contributed by atoms with Crippen LogP contribution in [0.1, 0.15) is 17.3 Å². The summed E-state index contributed by atoms with van der Waals surface area (Å²) in [6.45, 7) is 1.78. The Labute approximate surface area is 130 Å². The summed E-state index contributed by atoms with van der Waals surface area (Å²) in [5.74, 6) is -0.506. The predicted molar refractivity (Wildman–Crippen MR) is 73.9 cm³/mol. The molecule has 126 valence electrons. The van der Waals surface area contributed by atoms with Crippen LogP contribution < -0.4 is 4.74 Å². The molecule has 1 aliphatic heterocycles. The molecule has 0 N–H and O–H groups in total. The highest BCUT2D eigenvalue weighted by molar-refractivity contribution is 5.94. The predicted octanol–water partition coefficient (Wildman–Crippen LogP) is 1.33. The fourth-order valence-electron chi connectivity index (χ4n) is 2.15. The number of hydrogen-bond donors (Lipinski definition) is 0. The molecule has 2 heterocycles. The van der Waals surface area contributed by atoms with Crippen molar-refractivity contribution in [3.05, 3.63) is 23.9 Å². The molecule has 0 atom stereocenters. The van der Waals surface area contributed by atoms with Crippen molar-refractivity contribution in [2.45, 2.75) is 13.1 Å². The largest absolute Gasteiger partial charge is 0.468 e. The van der Waals surface area contributed by atoms with Crippen molar-refractivity contribution in [1.29, 1.82) is 0 Å². The highest BCUT2D eigenvalue weighted by Gasteiger charge is 2.29. The number of aromatic nitrogens is 1. The van der Waals surface area contributed by atoms with Crippen LogP contribution in [0.15, 0.2) is 18.3 Å². The van der Waals surface area contributed by atoms with Crippen molar-refractivity contribution in [2.24, 2.45) is 0 Å². The highest BCUT2D eigenvalue weighted by Crippen LogP contribution is 2.17. The van der Waals surface area contributed by atoms with E-state index in [9.17, 15) is 22.8 Å². The Bertz CT molecular complexity index is 567. The monoisotopic (exact) mass is 331 g/mol. The second-order valence-corrected chi connectivity index (χ2v) is 5.09. The van der Waals surface area contributed by atoms with Crippen molar-refractivity contribution in [1.82, 2.24) is 14.8 Å². The molecule has 0 spiro atoms. The van der Waals surface area contributed by atoms with Gasteiger partial charge in [0.05, 0.1) is 5.56 Å². The third kappa shape index (κ3) is 4.83. The third-order valence-electron chi connectivity index (χ3n) is 3.38. The zero-order valence-electron chi connectivity index (χ0n) is 12.5. The summed E-state index contributed by atoms with van der Waals surface area (Å²) in [6, 6.07) is 2.60. The lowest BCUT2D eigenvalue weighted by atomic mass is 10.2. The number of piperazine rings is 1. The SMILES string of the molecule is CC(=O)N1CCN(C(=O)c2ccc(OCC(F)(F)F)nc2)CC1. The van der Waals surface area contributed by atoms with Crippen molar-refractivity contribution in [2.75, 3.05) is 32.8 Å². The van der Waals surface area contributed by atoms with Gasteiger partial charge in [0, 0.05) is 45.4 Å². The smallest absolute Gasteiger partial charge is 0.422 e. The van der Waals surface area contributed by atoms with Crippen molar-refractivity contribution in [3.8, 4) is 5.88 Å². The van der Waals surface area contributed by atoms with Crippen LogP contribution in [0.4, 0.5) is 13.2 Å². The van der Waals surface area contributed by atoms with E-state index < -0.39 is 12.8 Å². The quantitative estimate of drug-likeness (QED) is 0.838. The fraction of sp³-hybridized carbons (Fsp3) is 0.500. The minimum Gasteiger partial charge on any atom is -0.468 e. The van der Waals surface area contributed by atoms with Gasteiger partial charge < -0.3 is 14.5 Å². The molecular formula is C14H16F3N3O3. The van der Waals surface area contributed by atoms with Gasteiger partial charge in [0.1, 0.15) is 0 Å². The summed E-state index contributed by atoms with van der Waals surface area (Å²) in [6.07, 6.45) is -3.25. The first-order valence-electron chi connectivity index (χ1n) is 6.96. The molecule has 0 unspecified atom stereocenters. The number of amides is 2. The van der Waals surface area contributed by atoms with E-state index in [4.69, 9.17) is 0 Å². The minimum atomic E-state index is -4.44. The standard InChI is InChI=1S/C14H16F3N3O3/c1-10(21)19-4-6-20(7-5-19)13(22)11-2-3-12(18-8-11)23-9-14(15,16)17/h2-3,8H,4-7,9H2,1H3. The maximum absolute atomic E-state index is 12.3. The van der Waals surface area contributed by atoms with Gasteiger partial charge in [-0.15, -0.1) is 0 Å². The average molecular weight is 331 g/mol. The molecule has 1 fully saturated rings. The number of hydrogen-bond acceptors (Lipinski definition) is 4. The van der Waals surface area contributed by atoms with Crippen LogP contribution in [-0.2, 0) is 4.79 Å². The Kier molecular flexibility index (Phi) is 5.07. The van der Waals surface area contributed by atoms with E-state index in [0.29, 0.717) is 26.2 Å². The lowest BCUT2D eigenvalue weighted by molar-refractivity contribution is -0.154. The van der Waals surface area contributed by atoms with Crippen LogP contribution in [-0.4, -0.2) is 65.6 Å². The van der Waals surface area contributed by atoms with E-state index in [1.54, 1.807) is 9.80 Å². The number of rotatable bonds is 3. The molecule has 1 aromatic heterocycles. The lowest BCUT2D eigenvalue weighted by Gasteiger charge is -2.34. The summed E-state index contributed by atoms with van der Waals surface area (Å²) in [4.78, 5) is 30.4. The highest BCUT2D eigenvalue weighted by atomic mass is 19.4. The van der Waals surface area contributed by atoms with Crippen molar-refractivity contribution in [3.63, 3.8) is 0 Å². The first-order chi connectivity index (χ1) is 10.8. The molecule has 0 aromatic carbocycles. The maximum Gasteiger partial charge on any atom is 0.422 e. The Morgan fingerprint density at radius 3 is 2.26 bits per heavy atom. The number of halogens is 3. The molecule has 1 aliphatic rings. The van der Waals surface area contributed by atoms with Gasteiger partial charge in [-0.3, -0.25) is 9.59 Å². The van der Waals surface area contributed by atoms with E-state index >= 15 is 0 Å². The number of nitrogens with zero attached hydrogens (tertiary/aromatic N) is 3. The topological polar surface area (TPSA) is 62.7 Å². The second-order valence-electron chi connectivity index (χ2n) is 5.09. The van der Waals surface area contributed by atoms with Crippen LogP contribution in [0.25, 0.3) is 0 Å². The molecule has 0 aliphatic carbocycles. The molecule has 1 aromatic rings. The number of ether oxygens (including phenoxy) is 1. The summed E-state index contributed by atoms with van der Waals surface area (Å²) >= 11 is 0. The number of alkyl halides is 3. The lowest BCUT2D eigenvalue weighted by Crippen LogP contribution is -2.50. The van der Waals surface area contributed by atoms with Crippen molar-refractivity contribution < 1.29 is 27.5 Å². The first-order valence-corrected chi connectivity index (χ1v) is 6.96. The molecule has 2 amide bonds. The van der Waals surface area contributed by atoms with Crippen LogP contribution >= 0.6 is 0 Å². The van der Waals surface area contributed by atoms with E-state index in [2.05, 4.69) is 9.72 Å². The van der Waals surface area contributed by atoms with E-state index in [1.807, 2.05) is 0 Å². The summed E-state index contributed by atoms with van der Waals surface area (Å²) in [5, 5.41) is 0. The Hall–Kier alpha value is -2.32. The van der Waals surface area contributed by atoms with Gasteiger partial charge in [-0.1, -0.05) is 0 Å². The van der Waals surface area contributed by atoms with Gasteiger partial charge in [0.2, 0.25) is 11.8 Å². The normalized spacial score (nSPS) is 15.5. The minimum absolute atomic E-state index is 0.0371. The summed E-state index contributed by atoms with van der Waals surface area (Å²) < 4.78 is 40.6. The van der Waals surface area contributed by atoms with Gasteiger partial charge in [0.15, 0.2) is 6.61 Å². The van der Waals surface area contributed by atoms with Gasteiger partial charge in [-0.2, -0.15) is 13.2 Å². The van der Waals surface area contributed by atoms with Gasteiger partial charge >= 0.3 is 6.18 Å². The summed E-state index contributed by atoms with van der Waals surface area (Å²) in [5.41, 5.74) is 0.264. The second kappa shape index (κ2) is 6.84.